The maximum atomic E-state index is 13.1. The van der Waals surface area contributed by atoms with E-state index in [4.69, 9.17) is 11.6 Å². The summed E-state index contributed by atoms with van der Waals surface area (Å²) in [5.74, 6) is -1.07. The van der Waals surface area contributed by atoms with E-state index in [1.54, 1.807) is 17.0 Å². The molecular weight excluding hydrogens is 351 g/mol. The molecule has 0 aliphatic carbocycles. The molecule has 3 rings (SSSR count). The third kappa shape index (κ3) is 3.00. The molecule has 0 N–H and O–H groups in total. The topological polar surface area (TPSA) is 66.8 Å². The van der Waals surface area contributed by atoms with Crippen LogP contribution < -0.4 is 4.90 Å². The van der Waals surface area contributed by atoms with Gasteiger partial charge >= 0.3 is 0 Å². The number of carbonyl (C=O) groups is 1. The van der Waals surface area contributed by atoms with Crippen molar-refractivity contribution >= 4 is 50.0 Å². The second-order valence-electron chi connectivity index (χ2n) is 5.07. The normalized spacial score (nSPS) is 28.1. The van der Waals surface area contributed by atoms with Gasteiger partial charge in [0, 0.05) is 10.9 Å². The third-order valence-corrected chi connectivity index (χ3v) is 6.94. The summed E-state index contributed by atoms with van der Waals surface area (Å²) in [4.78, 5) is 17.2. The minimum absolute atomic E-state index is 0.00384. The monoisotopic (exact) mass is 362 g/mol. The summed E-state index contributed by atoms with van der Waals surface area (Å²) in [6, 6.07) is 5.37. The number of sulfone groups is 1. The summed E-state index contributed by atoms with van der Waals surface area (Å²) in [5, 5.41) is 0.235. The predicted octanol–water partition coefficient (Wildman–Crippen LogP) is 1.67. The fraction of sp³-hybridized carbons (Fsp3) is 0.385. The minimum atomic E-state index is -3.11. The lowest BCUT2D eigenvalue weighted by atomic mass is 10.2. The van der Waals surface area contributed by atoms with E-state index in [1.807, 2.05) is 0 Å². The smallest absolute Gasteiger partial charge is 0.262 e. The van der Waals surface area contributed by atoms with Crippen LogP contribution in [-0.4, -0.2) is 48.2 Å². The zero-order valence-corrected chi connectivity index (χ0v) is 13.7. The first-order chi connectivity index (χ1) is 10.4. The van der Waals surface area contributed by atoms with E-state index in [-0.39, 0.29) is 34.5 Å². The van der Waals surface area contributed by atoms with Crippen LogP contribution in [0.25, 0.3) is 0 Å². The van der Waals surface area contributed by atoms with Gasteiger partial charge in [0.2, 0.25) is 0 Å². The van der Waals surface area contributed by atoms with Gasteiger partial charge in [-0.05, 0) is 24.3 Å². The van der Waals surface area contributed by atoms with Crippen molar-refractivity contribution in [3.8, 4) is 0 Å². The molecule has 118 valence electrons. The van der Waals surface area contributed by atoms with Gasteiger partial charge in [0.25, 0.3) is 5.91 Å². The number of rotatable bonds is 2. The molecule has 0 bridgehead atoms. The quantitative estimate of drug-likeness (QED) is 0.749. The molecular formula is C13H12ClFN2O3S2. The van der Waals surface area contributed by atoms with Crippen LogP contribution in [0, 0.1) is 5.82 Å². The number of nitrogens with zero attached hydrogens (tertiary/aromatic N) is 2. The Hall–Kier alpha value is -1.12. The van der Waals surface area contributed by atoms with E-state index >= 15 is 0 Å². The van der Waals surface area contributed by atoms with Gasteiger partial charge in [0.1, 0.15) is 11.7 Å². The Kier molecular flexibility index (Phi) is 4.17. The number of fused-ring (bicyclic) bond motifs is 1. The highest BCUT2D eigenvalue weighted by molar-refractivity contribution is 8.16. The van der Waals surface area contributed by atoms with Crippen LogP contribution in [0.3, 0.4) is 0 Å². The van der Waals surface area contributed by atoms with Crippen molar-refractivity contribution in [1.82, 2.24) is 0 Å². The lowest BCUT2D eigenvalue weighted by Gasteiger charge is -2.24. The predicted molar refractivity (Wildman–Crippen MR) is 85.9 cm³/mol. The number of amides is 1. The summed E-state index contributed by atoms with van der Waals surface area (Å²) < 4.78 is 36.8. The summed E-state index contributed by atoms with van der Waals surface area (Å²) in [6.07, 6.45) is 0. The minimum Gasteiger partial charge on any atom is -0.316 e. The van der Waals surface area contributed by atoms with Crippen LogP contribution in [-0.2, 0) is 14.6 Å². The number of anilines is 1. The second kappa shape index (κ2) is 5.82. The molecule has 1 amide bonds. The fourth-order valence-corrected chi connectivity index (χ4v) is 6.60. The van der Waals surface area contributed by atoms with Crippen LogP contribution in [0.2, 0.25) is 0 Å². The zero-order chi connectivity index (χ0) is 15.9. The number of carbonyl (C=O) groups excluding carboxylic acids is 1. The average molecular weight is 363 g/mol. The van der Waals surface area contributed by atoms with Crippen molar-refractivity contribution in [2.45, 2.75) is 11.3 Å². The van der Waals surface area contributed by atoms with Crippen molar-refractivity contribution in [1.29, 1.82) is 0 Å². The molecule has 5 nitrogen and oxygen atoms in total. The number of hydrogen-bond acceptors (Lipinski definition) is 4. The molecule has 9 heteroatoms. The maximum Gasteiger partial charge on any atom is 0.262 e. The number of hydrogen-bond donors (Lipinski definition) is 0. The number of thioether (sulfide) groups is 1. The van der Waals surface area contributed by atoms with E-state index in [9.17, 15) is 17.6 Å². The summed E-state index contributed by atoms with van der Waals surface area (Å²) >= 11 is 6.74. The Labute approximate surface area is 136 Å². The van der Waals surface area contributed by atoms with Gasteiger partial charge in [-0.3, -0.25) is 4.79 Å². The van der Waals surface area contributed by atoms with Crippen LogP contribution >= 0.6 is 23.4 Å². The molecule has 0 aromatic heterocycles. The zero-order valence-electron chi connectivity index (χ0n) is 11.3. The number of amidine groups is 1. The molecule has 22 heavy (non-hydrogen) atoms. The van der Waals surface area contributed by atoms with Crippen molar-refractivity contribution in [2.75, 3.05) is 22.3 Å². The summed E-state index contributed by atoms with van der Waals surface area (Å²) in [6.45, 7) is 0. The van der Waals surface area contributed by atoms with Crippen LogP contribution in [0.15, 0.2) is 29.3 Å². The highest BCUT2D eigenvalue weighted by Crippen LogP contribution is 2.40. The van der Waals surface area contributed by atoms with Crippen molar-refractivity contribution in [3.63, 3.8) is 0 Å². The van der Waals surface area contributed by atoms with Crippen molar-refractivity contribution < 1.29 is 17.6 Å². The van der Waals surface area contributed by atoms with Gasteiger partial charge in [0.05, 0.1) is 17.5 Å². The first-order valence-electron chi connectivity index (χ1n) is 6.49. The molecule has 1 aromatic rings. The van der Waals surface area contributed by atoms with Crippen LogP contribution in [0.5, 0.6) is 0 Å². The number of halogens is 2. The molecule has 2 fully saturated rings. The first kappa shape index (κ1) is 15.8. The largest absolute Gasteiger partial charge is 0.316 e. The first-order valence-corrected chi connectivity index (χ1v) is 9.72. The van der Waals surface area contributed by atoms with E-state index < -0.39 is 15.7 Å². The van der Waals surface area contributed by atoms with Gasteiger partial charge in [-0.25, -0.2) is 12.8 Å². The Morgan fingerprint density at radius 3 is 2.68 bits per heavy atom. The lowest BCUT2D eigenvalue weighted by Crippen LogP contribution is -2.37. The van der Waals surface area contributed by atoms with E-state index in [1.165, 1.54) is 23.9 Å². The third-order valence-electron chi connectivity index (χ3n) is 3.51. The highest BCUT2D eigenvalue weighted by Gasteiger charge is 2.49. The molecule has 0 spiro atoms. The summed E-state index contributed by atoms with van der Waals surface area (Å²) in [5.41, 5.74) is 0.611. The molecule has 2 aliphatic rings. The van der Waals surface area contributed by atoms with Crippen molar-refractivity contribution in [2.24, 2.45) is 4.99 Å². The maximum absolute atomic E-state index is 13.1. The number of benzene rings is 1. The van der Waals surface area contributed by atoms with Crippen LogP contribution in [0.1, 0.15) is 0 Å². The molecule has 0 radical (unpaired) electrons. The van der Waals surface area contributed by atoms with Gasteiger partial charge in [0.15, 0.2) is 15.0 Å². The molecule has 1 aromatic carbocycles. The molecule has 0 saturated carbocycles. The Morgan fingerprint density at radius 2 is 2.05 bits per heavy atom. The molecule has 2 aliphatic heterocycles. The van der Waals surface area contributed by atoms with E-state index in [0.717, 1.165) is 0 Å². The van der Waals surface area contributed by atoms with Crippen molar-refractivity contribution in [3.05, 3.63) is 30.1 Å². The Morgan fingerprint density at radius 1 is 1.36 bits per heavy atom. The molecule has 2 atom stereocenters. The Bertz CT molecular complexity index is 736. The van der Waals surface area contributed by atoms with Gasteiger partial charge in [-0.1, -0.05) is 11.8 Å². The second-order valence-corrected chi connectivity index (χ2v) is 8.70. The number of alkyl halides is 1. The van der Waals surface area contributed by atoms with Gasteiger partial charge in [-0.2, -0.15) is 4.99 Å². The molecule has 0 unspecified atom stereocenters. The fourth-order valence-electron chi connectivity index (χ4n) is 2.60. The summed E-state index contributed by atoms with van der Waals surface area (Å²) in [7, 11) is -3.11. The highest BCUT2D eigenvalue weighted by atomic mass is 35.5. The SMILES string of the molecule is O=C(CCl)N=C1S[C@@H]2CS(=O)(=O)C[C@@H]2N1c1ccc(F)cc1. The van der Waals surface area contributed by atoms with Gasteiger partial charge < -0.3 is 4.90 Å². The average Bonchev–Trinajstić information content (AvgIpc) is 2.91. The van der Waals surface area contributed by atoms with Crippen LogP contribution in [0.4, 0.5) is 10.1 Å². The molecule has 2 saturated heterocycles. The molecule has 2 heterocycles. The van der Waals surface area contributed by atoms with E-state index in [2.05, 4.69) is 4.99 Å². The standard InChI is InChI=1S/C13H12ClFN2O3S2/c14-5-12(18)16-13-17(9-3-1-8(15)2-4-9)10-6-22(19,20)7-11(10)21-13/h1-4,10-11H,5-7H2/t10-,11+/m0/s1. The van der Waals surface area contributed by atoms with E-state index in [0.29, 0.717) is 10.9 Å². The lowest BCUT2D eigenvalue weighted by molar-refractivity contribution is -0.115. The number of aliphatic imine (C=N–C) groups is 1. The Balaban J connectivity index is 2.01. The van der Waals surface area contributed by atoms with Gasteiger partial charge in [-0.15, -0.1) is 11.6 Å².